The molecule has 0 spiro atoms. The third kappa shape index (κ3) is 3.16. The van der Waals surface area contributed by atoms with E-state index < -0.39 is 0 Å². The maximum atomic E-state index is 9.02. The summed E-state index contributed by atoms with van der Waals surface area (Å²) in [6, 6.07) is 1.98. The van der Waals surface area contributed by atoms with E-state index >= 15 is 0 Å². The van der Waals surface area contributed by atoms with Gasteiger partial charge in [-0.25, -0.2) is 0 Å². The number of hydrogen-bond donors (Lipinski definition) is 2. The fourth-order valence-electron chi connectivity index (χ4n) is 1.20. The minimum Gasteiger partial charge on any atom is -0.392 e. The maximum absolute atomic E-state index is 9.02. The highest BCUT2D eigenvalue weighted by Crippen LogP contribution is 1.97. The smallest absolute Gasteiger partial charge is 0.0636 e. The van der Waals surface area contributed by atoms with Crippen LogP contribution in [0.25, 0.3) is 0 Å². The molecule has 0 aliphatic carbocycles. The number of aliphatic hydroxyl groups is 1. The SMILES string of the molecule is CCn1nccc1CNC[C@H](C)O. The van der Waals surface area contributed by atoms with Crippen molar-refractivity contribution in [2.75, 3.05) is 6.54 Å². The molecule has 0 unspecified atom stereocenters. The Morgan fingerprint density at radius 1 is 1.69 bits per heavy atom. The van der Waals surface area contributed by atoms with Crippen molar-refractivity contribution in [2.24, 2.45) is 0 Å². The second-order valence-corrected chi connectivity index (χ2v) is 3.12. The highest BCUT2D eigenvalue weighted by Gasteiger charge is 2.00. The summed E-state index contributed by atoms with van der Waals surface area (Å²) in [5.41, 5.74) is 1.16. The minimum absolute atomic E-state index is 0.294. The molecule has 2 N–H and O–H groups in total. The van der Waals surface area contributed by atoms with E-state index in [1.165, 1.54) is 0 Å². The fraction of sp³-hybridized carbons (Fsp3) is 0.667. The van der Waals surface area contributed by atoms with Gasteiger partial charge in [0.25, 0.3) is 0 Å². The lowest BCUT2D eigenvalue weighted by atomic mass is 10.3. The van der Waals surface area contributed by atoms with Gasteiger partial charge in [-0.2, -0.15) is 5.10 Å². The van der Waals surface area contributed by atoms with E-state index in [0.29, 0.717) is 6.54 Å². The molecule has 4 nitrogen and oxygen atoms in total. The van der Waals surface area contributed by atoms with E-state index in [1.54, 1.807) is 13.1 Å². The van der Waals surface area contributed by atoms with Crippen LogP contribution in [0.5, 0.6) is 0 Å². The van der Waals surface area contributed by atoms with Crippen molar-refractivity contribution >= 4 is 0 Å². The lowest BCUT2D eigenvalue weighted by molar-refractivity contribution is 0.190. The second kappa shape index (κ2) is 4.99. The standard InChI is InChI=1S/C9H17N3O/c1-3-12-9(4-5-11-12)7-10-6-8(2)13/h4-5,8,10,13H,3,6-7H2,1-2H3/t8-/m0/s1. The van der Waals surface area contributed by atoms with E-state index in [0.717, 1.165) is 18.8 Å². The summed E-state index contributed by atoms with van der Waals surface area (Å²) in [6.45, 7) is 6.10. The molecular formula is C9H17N3O. The number of rotatable bonds is 5. The summed E-state index contributed by atoms with van der Waals surface area (Å²) in [5, 5.41) is 16.3. The molecule has 4 heteroatoms. The van der Waals surface area contributed by atoms with E-state index in [9.17, 15) is 0 Å². The highest BCUT2D eigenvalue weighted by atomic mass is 16.3. The zero-order valence-electron chi connectivity index (χ0n) is 8.20. The van der Waals surface area contributed by atoms with Crippen LogP contribution in [-0.4, -0.2) is 27.5 Å². The van der Waals surface area contributed by atoms with Crippen molar-refractivity contribution in [3.63, 3.8) is 0 Å². The van der Waals surface area contributed by atoms with Crippen molar-refractivity contribution in [3.05, 3.63) is 18.0 Å². The van der Waals surface area contributed by atoms with Gasteiger partial charge < -0.3 is 10.4 Å². The molecule has 0 radical (unpaired) electrons. The van der Waals surface area contributed by atoms with Crippen LogP contribution in [0.15, 0.2) is 12.3 Å². The van der Waals surface area contributed by atoms with Gasteiger partial charge in [-0.3, -0.25) is 4.68 Å². The summed E-state index contributed by atoms with van der Waals surface area (Å²) < 4.78 is 1.94. The summed E-state index contributed by atoms with van der Waals surface area (Å²) >= 11 is 0. The van der Waals surface area contributed by atoms with E-state index in [1.807, 2.05) is 10.7 Å². The Labute approximate surface area is 78.6 Å². The quantitative estimate of drug-likeness (QED) is 0.693. The van der Waals surface area contributed by atoms with Crippen LogP contribution >= 0.6 is 0 Å². The maximum Gasteiger partial charge on any atom is 0.0636 e. The molecule has 0 bridgehead atoms. The largest absolute Gasteiger partial charge is 0.392 e. The van der Waals surface area contributed by atoms with Crippen molar-refractivity contribution in [3.8, 4) is 0 Å². The van der Waals surface area contributed by atoms with Crippen molar-refractivity contribution in [2.45, 2.75) is 33.0 Å². The van der Waals surface area contributed by atoms with Crippen LogP contribution in [0, 0.1) is 0 Å². The normalized spacial score (nSPS) is 13.2. The topological polar surface area (TPSA) is 50.1 Å². The Hall–Kier alpha value is -0.870. The molecule has 0 saturated carbocycles. The predicted octanol–water partition coefficient (Wildman–Crippen LogP) is 0.373. The molecule has 1 aromatic rings. The molecule has 0 aliphatic rings. The van der Waals surface area contributed by atoms with Crippen LogP contribution in [0.3, 0.4) is 0 Å². The number of hydrogen-bond acceptors (Lipinski definition) is 3. The molecule has 1 heterocycles. The first-order valence-corrected chi connectivity index (χ1v) is 4.63. The predicted molar refractivity (Wildman–Crippen MR) is 51.3 cm³/mol. The zero-order chi connectivity index (χ0) is 9.68. The van der Waals surface area contributed by atoms with Gasteiger partial charge in [-0.05, 0) is 19.9 Å². The van der Waals surface area contributed by atoms with Crippen molar-refractivity contribution in [1.29, 1.82) is 0 Å². The Morgan fingerprint density at radius 3 is 3.08 bits per heavy atom. The Bertz CT molecular complexity index is 245. The minimum atomic E-state index is -0.294. The first kappa shape index (κ1) is 10.2. The van der Waals surface area contributed by atoms with E-state index in [2.05, 4.69) is 17.3 Å². The molecule has 0 aromatic carbocycles. The Kier molecular flexibility index (Phi) is 3.92. The molecule has 0 amide bonds. The van der Waals surface area contributed by atoms with Gasteiger partial charge in [-0.1, -0.05) is 0 Å². The Balaban J connectivity index is 2.36. The first-order valence-electron chi connectivity index (χ1n) is 4.63. The molecule has 13 heavy (non-hydrogen) atoms. The van der Waals surface area contributed by atoms with Crippen LogP contribution in [0.4, 0.5) is 0 Å². The molecule has 74 valence electrons. The van der Waals surface area contributed by atoms with Gasteiger partial charge >= 0.3 is 0 Å². The van der Waals surface area contributed by atoms with Gasteiger partial charge in [-0.15, -0.1) is 0 Å². The number of aliphatic hydroxyl groups excluding tert-OH is 1. The molecule has 1 atom stereocenters. The first-order chi connectivity index (χ1) is 6.24. The van der Waals surface area contributed by atoms with Crippen LogP contribution in [0.1, 0.15) is 19.5 Å². The molecule has 1 aromatic heterocycles. The van der Waals surface area contributed by atoms with Crippen LogP contribution in [-0.2, 0) is 13.1 Å². The average molecular weight is 183 g/mol. The summed E-state index contributed by atoms with van der Waals surface area (Å²) in [7, 11) is 0. The van der Waals surface area contributed by atoms with Crippen molar-refractivity contribution < 1.29 is 5.11 Å². The molecular weight excluding hydrogens is 166 g/mol. The summed E-state index contributed by atoms with van der Waals surface area (Å²) in [4.78, 5) is 0. The van der Waals surface area contributed by atoms with Gasteiger partial charge in [0.2, 0.25) is 0 Å². The van der Waals surface area contributed by atoms with Crippen LogP contribution in [0.2, 0.25) is 0 Å². The average Bonchev–Trinajstić information content (AvgIpc) is 2.51. The second-order valence-electron chi connectivity index (χ2n) is 3.12. The van der Waals surface area contributed by atoms with Gasteiger partial charge in [0, 0.05) is 25.8 Å². The van der Waals surface area contributed by atoms with Gasteiger partial charge in [0.05, 0.1) is 11.8 Å². The lowest BCUT2D eigenvalue weighted by Gasteiger charge is -2.07. The number of aromatic nitrogens is 2. The van der Waals surface area contributed by atoms with Gasteiger partial charge in [0.15, 0.2) is 0 Å². The summed E-state index contributed by atoms with van der Waals surface area (Å²) in [5.74, 6) is 0. The van der Waals surface area contributed by atoms with Crippen LogP contribution < -0.4 is 5.32 Å². The molecule has 0 aliphatic heterocycles. The lowest BCUT2D eigenvalue weighted by Crippen LogP contribution is -2.25. The van der Waals surface area contributed by atoms with Crippen molar-refractivity contribution in [1.82, 2.24) is 15.1 Å². The molecule has 0 saturated heterocycles. The van der Waals surface area contributed by atoms with E-state index in [4.69, 9.17) is 5.11 Å². The molecule has 1 rings (SSSR count). The summed E-state index contributed by atoms with van der Waals surface area (Å²) in [6.07, 6.45) is 1.50. The molecule has 0 fully saturated rings. The third-order valence-corrected chi connectivity index (χ3v) is 1.85. The Morgan fingerprint density at radius 2 is 2.46 bits per heavy atom. The monoisotopic (exact) mass is 183 g/mol. The third-order valence-electron chi connectivity index (χ3n) is 1.85. The van der Waals surface area contributed by atoms with E-state index in [-0.39, 0.29) is 6.10 Å². The fourth-order valence-corrected chi connectivity index (χ4v) is 1.20. The highest BCUT2D eigenvalue weighted by molar-refractivity contribution is 4.99. The number of nitrogens with zero attached hydrogens (tertiary/aromatic N) is 2. The number of nitrogens with one attached hydrogen (secondary N) is 1. The number of aryl methyl sites for hydroxylation is 1. The van der Waals surface area contributed by atoms with Gasteiger partial charge in [0.1, 0.15) is 0 Å². The zero-order valence-corrected chi connectivity index (χ0v) is 8.20.